The normalized spacial score (nSPS) is 18.6. The van der Waals surface area contributed by atoms with E-state index in [1.54, 1.807) is 5.57 Å². The lowest BCUT2D eigenvalue weighted by atomic mass is 9.72. The Morgan fingerprint density at radius 1 is 0.846 bits per heavy atom. The maximum atomic E-state index is 2.44. The van der Waals surface area contributed by atoms with Crippen molar-refractivity contribution in [3.63, 3.8) is 0 Å². The average molecular weight is 349 g/mol. The highest BCUT2D eigenvalue weighted by atomic mass is 14.4. The van der Waals surface area contributed by atoms with Gasteiger partial charge in [0.25, 0.3) is 0 Å². The summed E-state index contributed by atoms with van der Waals surface area (Å²) in [5.74, 6) is 0.548. The van der Waals surface area contributed by atoms with Crippen molar-refractivity contribution in [3.8, 4) is 0 Å². The lowest BCUT2D eigenvalue weighted by Crippen LogP contribution is -2.24. The van der Waals surface area contributed by atoms with Crippen LogP contribution in [0.25, 0.3) is 5.57 Å². The molecule has 2 aromatic carbocycles. The molecule has 1 aliphatic rings. The Kier molecular flexibility index (Phi) is 6.87. The van der Waals surface area contributed by atoms with Crippen molar-refractivity contribution < 1.29 is 0 Å². The maximum Gasteiger partial charge on any atom is 0.0149 e. The fraction of sp³-hybridized carbons (Fsp3) is 0.462. The van der Waals surface area contributed by atoms with Crippen LogP contribution >= 0.6 is 0 Å². The van der Waals surface area contributed by atoms with E-state index in [1.807, 2.05) is 13.8 Å². The molecule has 0 heterocycles. The van der Waals surface area contributed by atoms with Crippen LogP contribution in [0.2, 0.25) is 0 Å². The monoisotopic (exact) mass is 348 g/mol. The van der Waals surface area contributed by atoms with Gasteiger partial charge in [-0.15, -0.1) is 0 Å². The number of rotatable bonds is 5. The molecule has 0 saturated carbocycles. The van der Waals surface area contributed by atoms with E-state index in [0.717, 1.165) is 12.8 Å². The predicted octanol–water partition coefficient (Wildman–Crippen LogP) is 7.80. The summed E-state index contributed by atoms with van der Waals surface area (Å²) in [6.45, 7) is 15.8. The van der Waals surface area contributed by atoms with E-state index in [4.69, 9.17) is 0 Å². The largest absolute Gasteiger partial charge is 0.0683 e. The van der Waals surface area contributed by atoms with Crippen molar-refractivity contribution in [2.45, 2.75) is 73.1 Å². The molecule has 0 bridgehead atoms. The summed E-state index contributed by atoms with van der Waals surface area (Å²) in [6.07, 6.45) is 3.49. The minimum Gasteiger partial charge on any atom is -0.0683 e. The van der Waals surface area contributed by atoms with E-state index in [-0.39, 0.29) is 5.41 Å². The van der Waals surface area contributed by atoms with Crippen LogP contribution in [-0.4, -0.2) is 0 Å². The molecule has 1 unspecified atom stereocenters. The fourth-order valence-electron chi connectivity index (χ4n) is 4.60. The van der Waals surface area contributed by atoms with Gasteiger partial charge in [-0.1, -0.05) is 103 Å². The molecule has 0 aliphatic heterocycles. The van der Waals surface area contributed by atoms with Crippen LogP contribution in [0.1, 0.15) is 83.6 Å². The van der Waals surface area contributed by atoms with Gasteiger partial charge in [-0.05, 0) is 52.2 Å². The summed E-state index contributed by atoms with van der Waals surface area (Å²) in [5, 5.41) is 0. The third kappa shape index (κ3) is 3.39. The van der Waals surface area contributed by atoms with Gasteiger partial charge < -0.3 is 0 Å². The first-order valence-electron chi connectivity index (χ1n) is 10.5. The van der Waals surface area contributed by atoms with Crippen molar-refractivity contribution in [2.24, 2.45) is 5.92 Å². The van der Waals surface area contributed by atoms with Crippen molar-refractivity contribution in [1.82, 2.24) is 0 Å². The predicted molar refractivity (Wildman–Crippen MR) is 117 cm³/mol. The van der Waals surface area contributed by atoms with Gasteiger partial charge in [0, 0.05) is 5.41 Å². The van der Waals surface area contributed by atoms with Gasteiger partial charge in [0.15, 0.2) is 0 Å². The van der Waals surface area contributed by atoms with Crippen molar-refractivity contribution in [1.29, 1.82) is 0 Å². The highest BCUT2D eigenvalue weighted by Gasteiger charge is 2.41. The van der Waals surface area contributed by atoms with Gasteiger partial charge in [0.1, 0.15) is 0 Å². The van der Waals surface area contributed by atoms with Gasteiger partial charge in [-0.3, -0.25) is 0 Å². The molecule has 0 radical (unpaired) electrons. The van der Waals surface area contributed by atoms with E-state index in [9.17, 15) is 0 Å². The van der Waals surface area contributed by atoms with Crippen LogP contribution in [0, 0.1) is 5.92 Å². The molecule has 140 valence electrons. The van der Waals surface area contributed by atoms with Crippen LogP contribution in [0.5, 0.6) is 0 Å². The molecule has 2 aromatic rings. The van der Waals surface area contributed by atoms with E-state index in [2.05, 4.69) is 83.1 Å². The van der Waals surface area contributed by atoms with Gasteiger partial charge >= 0.3 is 0 Å². The molecule has 1 atom stereocenters. The summed E-state index contributed by atoms with van der Waals surface area (Å²) in [5.41, 5.74) is 9.19. The highest BCUT2D eigenvalue weighted by molar-refractivity contribution is 5.91. The molecule has 0 aromatic heterocycles. The number of hydrogen-bond donors (Lipinski definition) is 0. The van der Waals surface area contributed by atoms with Crippen LogP contribution < -0.4 is 0 Å². The molecule has 0 spiro atoms. The molecular formula is C26H36. The summed E-state index contributed by atoms with van der Waals surface area (Å²) in [6, 6.07) is 18.1. The van der Waals surface area contributed by atoms with Crippen LogP contribution in [0.4, 0.5) is 0 Å². The SMILES string of the molecule is CC.CCCc1ccccc1C1=C(C(C)C)C(C)(CC)c2ccccc21. The van der Waals surface area contributed by atoms with E-state index >= 15 is 0 Å². The van der Waals surface area contributed by atoms with Crippen molar-refractivity contribution in [3.05, 3.63) is 76.4 Å². The Hall–Kier alpha value is -1.82. The molecule has 1 aliphatic carbocycles. The molecule has 0 amide bonds. The second-order valence-corrected chi connectivity index (χ2v) is 7.58. The number of aryl methyl sites for hydroxylation is 1. The van der Waals surface area contributed by atoms with E-state index in [0.29, 0.717) is 5.92 Å². The van der Waals surface area contributed by atoms with Crippen molar-refractivity contribution >= 4 is 5.57 Å². The Balaban J connectivity index is 0.00000117. The first kappa shape index (κ1) is 20.5. The third-order valence-electron chi connectivity index (χ3n) is 5.75. The molecule has 0 heteroatoms. The average Bonchev–Trinajstić information content (AvgIpc) is 2.94. The molecular weight excluding hydrogens is 312 g/mol. The highest BCUT2D eigenvalue weighted by Crippen LogP contribution is 2.53. The summed E-state index contributed by atoms with van der Waals surface area (Å²) in [7, 11) is 0. The van der Waals surface area contributed by atoms with Crippen LogP contribution in [0.15, 0.2) is 54.1 Å². The first-order valence-corrected chi connectivity index (χ1v) is 10.5. The summed E-state index contributed by atoms with van der Waals surface area (Å²) >= 11 is 0. The topological polar surface area (TPSA) is 0 Å². The van der Waals surface area contributed by atoms with E-state index in [1.165, 1.54) is 34.2 Å². The Morgan fingerprint density at radius 3 is 2.00 bits per heavy atom. The molecule has 3 rings (SSSR count). The Labute approximate surface area is 161 Å². The second-order valence-electron chi connectivity index (χ2n) is 7.58. The minimum atomic E-state index is 0.152. The smallest absolute Gasteiger partial charge is 0.0149 e. The van der Waals surface area contributed by atoms with Crippen LogP contribution in [0.3, 0.4) is 0 Å². The zero-order chi connectivity index (χ0) is 19.3. The van der Waals surface area contributed by atoms with Gasteiger partial charge in [0.05, 0.1) is 0 Å². The number of hydrogen-bond acceptors (Lipinski definition) is 0. The van der Waals surface area contributed by atoms with Crippen LogP contribution in [-0.2, 0) is 11.8 Å². The van der Waals surface area contributed by atoms with Crippen molar-refractivity contribution in [2.75, 3.05) is 0 Å². The van der Waals surface area contributed by atoms with E-state index < -0.39 is 0 Å². The first-order chi connectivity index (χ1) is 12.5. The third-order valence-corrected chi connectivity index (χ3v) is 5.75. The summed E-state index contributed by atoms with van der Waals surface area (Å²) in [4.78, 5) is 0. The molecule has 0 nitrogen and oxygen atoms in total. The Morgan fingerprint density at radius 2 is 1.42 bits per heavy atom. The summed E-state index contributed by atoms with van der Waals surface area (Å²) < 4.78 is 0. The quantitative estimate of drug-likeness (QED) is 0.517. The molecule has 0 saturated heterocycles. The van der Waals surface area contributed by atoms with Gasteiger partial charge in [-0.2, -0.15) is 0 Å². The molecule has 26 heavy (non-hydrogen) atoms. The lowest BCUT2D eigenvalue weighted by Gasteiger charge is -2.31. The van der Waals surface area contributed by atoms with Gasteiger partial charge in [0.2, 0.25) is 0 Å². The Bertz CT molecular complexity index is 763. The number of allylic oxidation sites excluding steroid dienone is 1. The fourth-order valence-corrected chi connectivity index (χ4v) is 4.60. The standard InChI is InChI=1S/C24H30.C2H6/c1-6-12-18-13-8-9-14-19(18)22-20-15-10-11-16-21(20)24(5,7-2)23(22)17(3)4;1-2/h8-11,13-17H,6-7,12H2,1-5H3;1-2H3. The second kappa shape index (κ2) is 8.71. The minimum absolute atomic E-state index is 0.152. The lowest BCUT2D eigenvalue weighted by molar-refractivity contribution is 0.493. The molecule has 0 N–H and O–H groups in total. The number of benzene rings is 2. The zero-order valence-electron chi connectivity index (χ0n) is 17.8. The maximum absolute atomic E-state index is 2.44. The molecule has 0 fully saturated rings. The van der Waals surface area contributed by atoms with Gasteiger partial charge in [-0.25, -0.2) is 0 Å². The number of fused-ring (bicyclic) bond motifs is 1. The zero-order valence-corrected chi connectivity index (χ0v) is 17.8.